The Bertz CT molecular complexity index is 430. The second-order valence-electron chi connectivity index (χ2n) is 5.29. The lowest BCUT2D eigenvalue weighted by Gasteiger charge is -2.23. The molecule has 1 aromatic rings. The first-order chi connectivity index (χ1) is 9.09. The van der Waals surface area contributed by atoms with Crippen molar-refractivity contribution in [1.29, 1.82) is 0 Å². The summed E-state index contributed by atoms with van der Waals surface area (Å²) in [7, 11) is 0. The van der Waals surface area contributed by atoms with Crippen LogP contribution in [0.2, 0.25) is 0 Å². The molecule has 1 aromatic carbocycles. The largest absolute Gasteiger partial charge is 0.323 e. The Morgan fingerprint density at radius 2 is 1.95 bits per heavy atom. The highest BCUT2D eigenvalue weighted by molar-refractivity contribution is 7.99. The zero-order valence-electron chi connectivity index (χ0n) is 11.3. The van der Waals surface area contributed by atoms with Gasteiger partial charge >= 0.3 is 0 Å². The Labute approximate surface area is 118 Å². The molecular weight excluding hydrogens is 264 g/mol. The second-order valence-corrected chi connectivity index (χ2v) is 6.63. The minimum Gasteiger partial charge on any atom is -0.323 e. The van der Waals surface area contributed by atoms with E-state index in [4.69, 9.17) is 5.73 Å². The highest BCUT2D eigenvalue weighted by atomic mass is 32.2. The summed E-state index contributed by atoms with van der Waals surface area (Å²) in [5.74, 6) is -0.432. The van der Waals surface area contributed by atoms with Gasteiger partial charge in [0.15, 0.2) is 0 Å². The van der Waals surface area contributed by atoms with Crippen molar-refractivity contribution >= 4 is 11.8 Å². The van der Waals surface area contributed by atoms with E-state index < -0.39 is 17.7 Å². The van der Waals surface area contributed by atoms with E-state index in [2.05, 4.69) is 0 Å². The van der Waals surface area contributed by atoms with Crippen LogP contribution in [0.1, 0.15) is 49.3 Å². The van der Waals surface area contributed by atoms with Crippen LogP contribution >= 0.6 is 11.8 Å². The molecule has 1 unspecified atom stereocenters. The van der Waals surface area contributed by atoms with E-state index in [0.717, 1.165) is 0 Å². The predicted molar refractivity (Wildman–Crippen MR) is 77.4 cm³/mol. The molecule has 1 nitrogen and oxygen atoms in total. The molecular formula is C15H21F2NS. The van der Waals surface area contributed by atoms with Crippen LogP contribution in [0.4, 0.5) is 8.78 Å². The zero-order valence-corrected chi connectivity index (χ0v) is 12.1. The van der Waals surface area contributed by atoms with E-state index in [1.807, 2.05) is 0 Å². The second kappa shape index (κ2) is 6.71. The number of halogens is 2. The van der Waals surface area contributed by atoms with Gasteiger partial charge in [0.2, 0.25) is 0 Å². The van der Waals surface area contributed by atoms with Crippen molar-refractivity contribution in [3.63, 3.8) is 0 Å². The first-order valence-corrected chi connectivity index (χ1v) is 7.96. The molecule has 1 aliphatic rings. The molecule has 1 saturated carbocycles. The number of nitrogens with two attached hydrogens (primary N) is 1. The van der Waals surface area contributed by atoms with Crippen LogP contribution in [0, 0.1) is 18.6 Å². The van der Waals surface area contributed by atoms with Crippen LogP contribution in [0.5, 0.6) is 0 Å². The standard InChI is InChI=1S/C15H21F2NS/c1-10-7-8-12(16)14(15(10)17)13(18)9-19-11-5-3-2-4-6-11/h7-8,11,13H,2-6,9,18H2,1H3. The van der Waals surface area contributed by atoms with Crippen molar-refractivity contribution in [2.45, 2.75) is 50.3 Å². The monoisotopic (exact) mass is 285 g/mol. The minimum atomic E-state index is -0.563. The van der Waals surface area contributed by atoms with Gasteiger partial charge in [-0.3, -0.25) is 0 Å². The van der Waals surface area contributed by atoms with Crippen molar-refractivity contribution in [2.24, 2.45) is 5.73 Å². The van der Waals surface area contributed by atoms with Crippen molar-refractivity contribution in [2.75, 3.05) is 5.75 Å². The fourth-order valence-corrected chi connectivity index (χ4v) is 3.89. The van der Waals surface area contributed by atoms with E-state index >= 15 is 0 Å². The molecule has 2 rings (SSSR count). The number of hydrogen-bond donors (Lipinski definition) is 1. The average molecular weight is 285 g/mol. The third-order valence-electron chi connectivity index (χ3n) is 3.75. The topological polar surface area (TPSA) is 26.0 Å². The number of aryl methyl sites for hydroxylation is 1. The Hall–Kier alpha value is -0.610. The van der Waals surface area contributed by atoms with Gasteiger partial charge in [-0.1, -0.05) is 25.3 Å². The number of hydrogen-bond acceptors (Lipinski definition) is 2. The molecule has 0 bridgehead atoms. The summed E-state index contributed by atoms with van der Waals surface area (Å²) in [6.45, 7) is 1.64. The third-order valence-corrected chi connectivity index (χ3v) is 5.25. The van der Waals surface area contributed by atoms with E-state index in [0.29, 0.717) is 16.6 Å². The van der Waals surface area contributed by atoms with Gasteiger partial charge in [0.1, 0.15) is 11.6 Å². The van der Waals surface area contributed by atoms with Crippen molar-refractivity contribution < 1.29 is 8.78 Å². The van der Waals surface area contributed by atoms with Crippen LogP contribution < -0.4 is 5.73 Å². The van der Waals surface area contributed by atoms with Gasteiger partial charge in [-0.25, -0.2) is 8.78 Å². The lowest BCUT2D eigenvalue weighted by atomic mass is 10.0. The smallest absolute Gasteiger partial charge is 0.133 e. The summed E-state index contributed by atoms with van der Waals surface area (Å²) in [4.78, 5) is 0. The van der Waals surface area contributed by atoms with Gasteiger partial charge in [0.05, 0.1) is 0 Å². The van der Waals surface area contributed by atoms with E-state index in [1.54, 1.807) is 18.7 Å². The molecule has 2 N–H and O–H groups in total. The van der Waals surface area contributed by atoms with E-state index in [1.165, 1.54) is 44.2 Å². The van der Waals surface area contributed by atoms with Crippen molar-refractivity contribution in [3.05, 3.63) is 34.9 Å². The molecule has 0 aliphatic heterocycles. The first-order valence-electron chi connectivity index (χ1n) is 6.91. The summed E-state index contributed by atoms with van der Waals surface area (Å²) in [6, 6.07) is 2.19. The van der Waals surface area contributed by atoms with Crippen molar-refractivity contribution in [1.82, 2.24) is 0 Å². The van der Waals surface area contributed by atoms with Crippen LogP contribution in [-0.4, -0.2) is 11.0 Å². The van der Waals surface area contributed by atoms with Crippen LogP contribution in [-0.2, 0) is 0 Å². The molecule has 1 aliphatic carbocycles. The summed E-state index contributed by atoms with van der Waals surface area (Å²) >= 11 is 1.77. The summed E-state index contributed by atoms with van der Waals surface area (Å²) < 4.78 is 27.7. The first kappa shape index (κ1) is 14.8. The van der Waals surface area contributed by atoms with Crippen LogP contribution in [0.3, 0.4) is 0 Å². The lowest BCUT2D eigenvalue weighted by molar-refractivity contribution is 0.513. The minimum absolute atomic E-state index is 0.0447. The van der Waals surface area contributed by atoms with Gasteiger partial charge in [0.25, 0.3) is 0 Å². The van der Waals surface area contributed by atoms with Crippen LogP contribution in [0.25, 0.3) is 0 Å². The molecule has 1 atom stereocenters. The molecule has 0 radical (unpaired) electrons. The lowest BCUT2D eigenvalue weighted by Crippen LogP contribution is -2.20. The quantitative estimate of drug-likeness (QED) is 0.890. The molecule has 0 heterocycles. The normalized spacial score (nSPS) is 18.5. The number of benzene rings is 1. The maximum atomic E-state index is 13.9. The van der Waals surface area contributed by atoms with Gasteiger partial charge in [0, 0.05) is 22.6 Å². The van der Waals surface area contributed by atoms with Gasteiger partial charge in [-0.05, 0) is 31.4 Å². The Morgan fingerprint density at radius 3 is 2.63 bits per heavy atom. The molecule has 0 saturated heterocycles. The maximum absolute atomic E-state index is 13.9. The molecule has 19 heavy (non-hydrogen) atoms. The maximum Gasteiger partial charge on any atom is 0.133 e. The van der Waals surface area contributed by atoms with Crippen LogP contribution in [0.15, 0.2) is 12.1 Å². The average Bonchev–Trinajstić information content (AvgIpc) is 2.42. The molecule has 4 heteroatoms. The van der Waals surface area contributed by atoms with Gasteiger partial charge in [-0.15, -0.1) is 0 Å². The number of rotatable bonds is 4. The third kappa shape index (κ3) is 3.69. The highest BCUT2D eigenvalue weighted by Gasteiger charge is 2.21. The fraction of sp³-hybridized carbons (Fsp3) is 0.600. The Kier molecular flexibility index (Phi) is 5.22. The molecule has 1 fully saturated rings. The SMILES string of the molecule is Cc1ccc(F)c(C(N)CSC2CCCCC2)c1F. The predicted octanol–water partition coefficient (Wildman–Crippen LogP) is 4.34. The fourth-order valence-electron chi connectivity index (χ4n) is 2.57. The van der Waals surface area contributed by atoms with Gasteiger partial charge in [-0.2, -0.15) is 11.8 Å². The zero-order chi connectivity index (χ0) is 13.8. The summed E-state index contributed by atoms with van der Waals surface area (Å²) in [6.07, 6.45) is 6.25. The molecule has 106 valence electrons. The Morgan fingerprint density at radius 1 is 1.26 bits per heavy atom. The van der Waals surface area contributed by atoms with E-state index in [9.17, 15) is 8.78 Å². The highest BCUT2D eigenvalue weighted by Crippen LogP contribution is 2.31. The van der Waals surface area contributed by atoms with Gasteiger partial charge < -0.3 is 5.73 Å². The van der Waals surface area contributed by atoms with E-state index in [-0.39, 0.29) is 5.56 Å². The summed E-state index contributed by atoms with van der Waals surface area (Å²) in [5, 5.41) is 0.607. The molecule has 0 amide bonds. The Balaban J connectivity index is 1.99. The van der Waals surface area contributed by atoms with Crippen molar-refractivity contribution in [3.8, 4) is 0 Å². The number of thioether (sulfide) groups is 1. The molecule has 0 aromatic heterocycles. The summed E-state index contributed by atoms with van der Waals surface area (Å²) in [5.41, 5.74) is 6.48. The molecule has 0 spiro atoms.